The van der Waals surface area contributed by atoms with Crippen molar-refractivity contribution in [1.82, 2.24) is 14.8 Å². The van der Waals surface area contributed by atoms with E-state index < -0.39 is 5.97 Å². The second-order valence-corrected chi connectivity index (χ2v) is 3.50. The first kappa shape index (κ1) is 10.4. The van der Waals surface area contributed by atoms with E-state index >= 15 is 0 Å². The van der Waals surface area contributed by atoms with Crippen molar-refractivity contribution in [3.63, 3.8) is 0 Å². The number of carboxylic acids is 1. The molecule has 1 aliphatic heterocycles. The molecule has 0 saturated heterocycles. The third-order valence-corrected chi connectivity index (χ3v) is 2.20. The standard InChI is InChI=1S/C10H11N3O3/c14-10(15)9-4-11-12(7-9)5-8-2-1-3-13(16)6-8/h1-4,7,16H,5-6H2,(H,14,15). The molecule has 2 N–H and O–H groups in total. The summed E-state index contributed by atoms with van der Waals surface area (Å²) in [5.41, 5.74) is 1.11. The molecule has 0 atom stereocenters. The number of hydrogen-bond acceptors (Lipinski definition) is 4. The van der Waals surface area contributed by atoms with Gasteiger partial charge >= 0.3 is 5.97 Å². The Labute approximate surface area is 91.7 Å². The fourth-order valence-electron chi connectivity index (χ4n) is 1.46. The minimum Gasteiger partial charge on any atom is -0.478 e. The molecular weight excluding hydrogens is 210 g/mol. The number of carboxylic acid groups (broad SMARTS) is 1. The van der Waals surface area contributed by atoms with Gasteiger partial charge in [-0.25, -0.2) is 4.79 Å². The van der Waals surface area contributed by atoms with Gasteiger partial charge in [-0.2, -0.15) is 5.10 Å². The number of aromatic nitrogens is 2. The number of hydroxylamine groups is 2. The highest BCUT2D eigenvalue weighted by molar-refractivity contribution is 5.86. The fraction of sp³-hybridized carbons (Fsp3) is 0.200. The van der Waals surface area contributed by atoms with Gasteiger partial charge in [0, 0.05) is 12.4 Å². The summed E-state index contributed by atoms with van der Waals surface area (Å²) in [5, 5.41) is 22.9. The topological polar surface area (TPSA) is 78.6 Å². The van der Waals surface area contributed by atoms with Crippen molar-refractivity contribution in [3.05, 3.63) is 41.9 Å². The highest BCUT2D eigenvalue weighted by atomic mass is 16.5. The molecule has 0 aromatic carbocycles. The van der Waals surface area contributed by atoms with Crippen molar-refractivity contribution in [2.75, 3.05) is 6.54 Å². The lowest BCUT2D eigenvalue weighted by atomic mass is 10.2. The summed E-state index contributed by atoms with van der Waals surface area (Å²) in [6.45, 7) is 0.868. The first-order chi connectivity index (χ1) is 7.65. The van der Waals surface area contributed by atoms with E-state index in [1.807, 2.05) is 6.08 Å². The number of hydrogen-bond donors (Lipinski definition) is 2. The largest absolute Gasteiger partial charge is 0.478 e. The molecule has 0 unspecified atom stereocenters. The number of carbonyl (C=O) groups is 1. The van der Waals surface area contributed by atoms with Crippen molar-refractivity contribution < 1.29 is 15.1 Å². The molecule has 6 heteroatoms. The van der Waals surface area contributed by atoms with E-state index in [0.717, 1.165) is 10.6 Å². The van der Waals surface area contributed by atoms with Gasteiger partial charge in [0.25, 0.3) is 0 Å². The maximum atomic E-state index is 10.6. The van der Waals surface area contributed by atoms with Gasteiger partial charge in [-0.05, 0) is 11.6 Å². The Morgan fingerprint density at radius 3 is 3.00 bits per heavy atom. The van der Waals surface area contributed by atoms with E-state index in [2.05, 4.69) is 5.10 Å². The van der Waals surface area contributed by atoms with Crippen molar-refractivity contribution in [1.29, 1.82) is 0 Å². The zero-order valence-corrected chi connectivity index (χ0v) is 8.45. The number of nitrogens with zero attached hydrogens (tertiary/aromatic N) is 3. The van der Waals surface area contributed by atoms with Crippen LogP contribution < -0.4 is 0 Å². The van der Waals surface area contributed by atoms with E-state index in [9.17, 15) is 10.0 Å². The van der Waals surface area contributed by atoms with Crippen LogP contribution in [0.3, 0.4) is 0 Å². The smallest absolute Gasteiger partial charge is 0.338 e. The first-order valence-electron chi connectivity index (χ1n) is 4.72. The molecular formula is C10H11N3O3. The lowest BCUT2D eigenvalue weighted by Crippen LogP contribution is -2.20. The highest BCUT2D eigenvalue weighted by Crippen LogP contribution is 2.08. The maximum Gasteiger partial charge on any atom is 0.338 e. The summed E-state index contributed by atoms with van der Waals surface area (Å²) in [4.78, 5) is 10.6. The van der Waals surface area contributed by atoms with E-state index in [4.69, 9.17) is 5.11 Å². The van der Waals surface area contributed by atoms with Gasteiger partial charge in [0.15, 0.2) is 0 Å². The number of allylic oxidation sites excluding steroid dienone is 2. The average Bonchev–Trinajstić information content (AvgIpc) is 2.66. The van der Waals surface area contributed by atoms with E-state index in [-0.39, 0.29) is 5.56 Å². The molecule has 1 aromatic rings. The Kier molecular flexibility index (Phi) is 2.74. The quantitative estimate of drug-likeness (QED) is 0.786. The summed E-state index contributed by atoms with van der Waals surface area (Å²) in [7, 11) is 0. The molecule has 2 heterocycles. The van der Waals surface area contributed by atoms with Crippen LogP contribution in [0.4, 0.5) is 0 Å². The van der Waals surface area contributed by atoms with Crippen LogP contribution in [0.2, 0.25) is 0 Å². The van der Waals surface area contributed by atoms with Crippen molar-refractivity contribution in [3.8, 4) is 0 Å². The fourth-order valence-corrected chi connectivity index (χ4v) is 1.46. The molecule has 0 aliphatic carbocycles. The van der Waals surface area contributed by atoms with Gasteiger partial charge in [0.2, 0.25) is 0 Å². The van der Waals surface area contributed by atoms with Crippen molar-refractivity contribution in [2.24, 2.45) is 0 Å². The van der Waals surface area contributed by atoms with Gasteiger partial charge in [-0.3, -0.25) is 15.0 Å². The zero-order chi connectivity index (χ0) is 11.5. The predicted octanol–water partition coefficient (Wildman–Crippen LogP) is 0.726. The van der Waals surface area contributed by atoms with Gasteiger partial charge in [0.1, 0.15) is 0 Å². The molecule has 0 bridgehead atoms. The van der Waals surface area contributed by atoms with Crippen molar-refractivity contribution >= 4 is 5.97 Å². The van der Waals surface area contributed by atoms with Crippen LogP contribution in [-0.4, -0.2) is 37.7 Å². The molecule has 1 aromatic heterocycles. The Morgan fingerprint density at radius 1 is 1.56 bits per heavy atom. The molecule has 6 nitrogen and oxygen atoms in total. The average molecular weight is 221 g/mol. The van der Waals surface area contributed by atoms with Crippen molar-refractivity contribution in [2.45, 2.75) is 6.54 Å². The number of aromatic carboxylic acids is 1. The first-order valence-corrected chi connectivity index (χ1v) is 4.72. The molecule has 0 saturated carbocycles. The van der Waals surface area contributed by atoms with E-state index in [0.29, 0.717) is 13.1 Å². The molecule has 2 rings (SSSR count). The van der Waals surface area contributed by atoms with Gasteiger partial charge < -0.3 is 5.11 Å². The SMILES string of the molecule is O=C(O)c1cnn(CC2=CC=CN(O)C2)c1. The molecule has 0 amide bonds. The third kappa shape index (κ3) is 2.29. The maximum absolute atomic E-state index is 10.6. The van der Waals surface area contributed by atoms with Gasteiger partial charge in [0.05, 0.1) is 24.8 Å². The molecule has 0 fully saturated rings. The predicted molar refractivity (Wildman–Crippen MR) is 54.9 cm³/mol. The Balaban J connectivity index is 2.06. The van der Waals surface area contributed by atoms with Crippen LogP contribution >= 0.6 is 0 Å². The summed E-state index contributed by atoms with van der Waals surface area (Å²) in [5.74, 6) is -0.993. The second kappa shape index (κ2) is 4.19. The minimum atomic E-state index is -0.993. The summed E-state index contributed by atoms with van der Waals surface area (Å²) >= 11 is 0. The monoisotopic (exact) mass is 221 g/mol. The summed E-state index contributed by atoms with van der Waals surface area (Å²) < 4.78 is 1.53. The molecule has 0 radical (unpaired) electrons. The van der Waals surface area contributed by atoms with Crippen LogP contribution in [0.5, 0.6) is 0 Å². The third-order valence-electron chi connectivity index (χ3n) is 2.20. The molecule has 0 spiro atoms. The molecule has 16 heavy (non-hydrogen) atoms. The molecule has 1 aliphatic rings. The summed E-state index contributed by atoms with van der Waals surface area (Å²) in [6.07, 6.45) is 7.91. The van der Waals surface area contributed by atoms with Gasteiger partial charge in [-0.15, -0.1) is 0 Å². The minimum absolute atomic E-state index is 0.160. The highest BCUT2D eigenvalue weighted by Gasteiger charge is 2.09. The van der Waals surface area contributed by atoms with Crippen LogP contribution in [0.25, 0.3) is 0 Å². The zero-order valence-electron chi connectivity index (χ0n) is 8.45. The van der Waals surface area contributed by atoms with Gasteiger partial charge in [-0.1, -0.05) is 6.08 Å². The van der Waals surface area contributed by atoms with Crippen LogP contribution in [0.1, 0.15) is 10.4 Å². The van der Waals surface area contributed by atoms with Crippen LogP contribution in [0, 0.1) is 0 Å². The lowest BCUT2D eigenvalue weighted by Gasteiger charge is -2.17. The van der Waals surface area contributed by atoms with E-state index in [1.165, 1.54) is 17.1 Å². The number of rotatable bonds is 3. The second-order valence-electron chi connectivity index (χ2n) is 3.50. The van der Waals surface area contributed by atoms with Crippen LogP contribution in [0.15, 0.2) is 36.3 Å². The Morgan fingerprint density at radius 2 is 2.38 bits per heavy atom. The Hall–Kier alpha value is -2.08. The van der Waals surface area contributed by atoms with Crippen LogP contribution in [-0.2, 0) is 6.54 Å². The summed E-state index contributed by atoms with van der Waals surface area (Å²) in [6, 6.07) is 0. The molecule has 84 valence electrons. The lowest BCUT2D eigenvalue weighted by molar-refractivity contribution is -0.0337. The van der Waals surface area contributed by atoms with E-state index in [1.54, 1.807) is 12.3 Å². The normalized spacial score (nSPS) is 15.1. The Bertz CT molecular complexity index is 462.